The summed E-state index contributed by atoms with van der Waals surface area (Å²) in [4.78, 5) is 14.1. The van der Waals surface area contributed by atoms with Gasteiger partial charge in [0.15, 0.2) is 0 Å². The van der Waals surface area contributed by atoms with Crippen molar-refractivity contribution in [2.24, 2.45) is 0 Å². The van der Waals surface area contributed by atoms with E-state index in [1.54, 1.807) is 6.33 Å². The molecule has 0 radical (unpaired) electrons. The highest BCUT2D eigenvalue weighted by Gasteiger charge is 2.23. The van der Waals surface area contributed by atoms with Gasteiger partial charge in [-0.1, -0.05) is 12.1 Å². The molecule has 1 fully saturated rings. The van der Waals surface area contributed by atoms with Crippen molar-refractivity contribution in [3.8, 4) is 6.07 Å². The first kappa shape index (κ1) is 16.0. The van der Waals surface area contributed by atoms with E-state index < -0.39 is 0 Å². The minimum absolute atomic E-state index is 0.734. The molecule has 25 heavy (non-hydrogen) atoms. The molecule has 0 atom stereocenters. The second-order valence-corrected chi connectivity index (χ2v) is 6.91. The summed E-state index contributed by atoms with van der Waals surface area (Å²) in [5.41, 5.74) is 4.50. The van der Waals surface area contributed by atoms with Gasteiger partial charge < -0.3 is 4.90 Å². The third-order valence-electron chi connectivity index (χ3n) is 5.22. The van der Waals surface area contributed by atoms with Gasteiger partial charge in [0, 0.05) is 44.7 Å². The molecular weight excluding hydrogens is 310 g/mol. The van der Waals surface area contributed by atoms with Crippen LogP contribution in [0.25, 0.3) is 0 Å². The highest BCUT2D eigenvalue weighted by atomic mass is 15.2. The van der Waals surface area contributed by atoms with Gasteiger partial charge in [0.1, 0.15) is 12.1 Å². The summed E-state index contributed by atoms with van der Waals surface area (Å²) in [7, 11) is 0. The molecule has 0 amide bonds. The third-order valence-corrected chi connectivity index (χ3v) is 5.22. The summed E-state index contributed by atoms with van der Waals surface area (Å²) in [6, 6.07) is 10.2. The molecule has 5 nitrogen and oxygen atoms in total. The van der Waals surface area contributed by atoms with E-state index in [9.17, 15) is 0 Å². The van der Waals surface area contributed by atoms with Crippen LogP contribution in [0.3, 0.4) is 0 Å². The maximum absolute atomic E-state index is 9.08. The Balaban J connectivity index is 1.50. The Morgan fingerprint density at radius 2 is 1.88 bits per heavy atom. The van der Waals surface area contributed by atoms with E-state index in [1.165, 1.54) is 29.7 Å². The molecule has 0 saturated carbocycles. The van der Waals surface area contributed by atoms with Crippen molar-refractivity contribution < 1.29 is 0 Å². The Morgan fingerprint density at radius 3 is 2.72 bits per heavy atom. The van der Waals surface area contributed by atoms with E-state index in [-0.39, 0.29) is 0 Å². The van der Waals surface area contributed by atoms with Gasteiger partial charge in [-0.2, -0.15) is 5.26 Å². The van der Waals surface area contributed by atoms with Crippen LogP contribution in [0.5, 0.6) is 0 Å². The molecule has 0 N–H and O–H groups in total. The highest BCUT2D eigenvalue weighted by Crippen LogP contribution is 2.26. The van der Waals surface area contributed by atoms with Crippen LogP contribution in [0.1, 0.15) is 35.2 Å². The second-order valence-electron chi connectivity index (χ2n) is 6.91. The van der Waals surface area contributed by atoms with Crippen LogP contribution >= 0.6 is 0 Å². The van der Waals surface area contributed by atoms with Gasteiger partial charge in [0.05, 0.1) is 17.3 Å². The van der Waals surface area contributed by atoms with Gasteiger partial charge >= 0.3 is 0 Å². The molecule has 1 saturated heterocycles. The Hall–Kier alpha value is -2.45. The molecule has 2 aromatic rings. The quantitative estimate of drug-likeness (QED) is 0.864. The van der Waals surface area contributed by atoms with E-state index >= 15 is 0 Å². The van der Waals surface area contributed by atoms with Crippen molar-refractivity contribution in [3.63, 3.8) is 0 Å². The minimum Gasteiger partial charge on any atom is -0.356 e. The van der Waals surface area contributed by atoms with Crippen LogP contribution in [0.15, 0.2) is 30.6 Å². The minimum atomic E-state index is 0.734. The van der Waals surface area contributed by atoms with Crippen LogP contribution in [0, 0.1) is 11.3 Å². The van der Waals surface area contributed by atoms with Crippen molar-refractivity contribution in [2.45, 2.75) is 32.2 Å². The first-order chi connectivity index (χ1) is 12.3. The lowest BCUT2D eigenvalue weighted by Gasteiger charge is -2.21. The molecule has 5 heteroatoms. The first-order valence-electron chi connectivity index (χ1n) is 9.12. The average Bonchev–Trinajstić information content (AvgIpc) is 3.11. The Bertz CT molecular complexity index is 789. The molecule has 3 heterocycles. The SMILES string of the molecule is N#Cc1cccc(CN2CCc3ncnc(N4CCCC4)c3CC2)c1. The molecule has 0 unspecified atom stereocenters. The monoisotopic (exact) mass is 333 g/mol. The van der Waals surface area contributed by atoms with Gasteiger partial charge in [-0.05, 0) is 37.0 Å². The van der Waals surface area contributed by atoms with Gasteiger partial charge in [0.2, 0.25) is 0 Å². The standard InChI is InChI=1S/C20H23N5/c21-13-16-4-3-5-17(12-16)14-24-10-6-18-19(7-11-24)22-15-23-20(18)25-8-1-2-9-25/h3-5,12,15H,1-2,6-11,14H2. The zero-order chi connectivity index (χ0) is 17.1. The lowest BCUT2D eigenvalue weighted by atomic mass is 10.1. The fraction of sp³-hybridized carbons (Fsp3) is 0.450. The predicted molar refractivity (Wildman–Crippen MR) is 97.3 cm³/mol. The largest absolute Gasteiger partial charge is 0.356 e. The maximum atomic E-state index is 9.08. The van der Waals surface area contributed by atoms with Crippen molar-refractivity contribution >= 4 is 5.82 Å². The van der Waals surface area contributed by atoms with E-state index in [2.05, 4.69) is 31.9 Å². The van der Waals surface area contributed by atoms with Crippen LogP contribution in [0.4, 0.5) is 5.82 Å². The lowest BCUT2D eigenvalue weighted by molar-refractivity contribution is 0.279. The molecule has 128 valence electrons. The Labute approximate surface area is 148 Å². The van der Waals surface area contributed by atoms with Gasteiger partial charge in [0.25, 0.3) is 0 Å². The van der Waals surface area contributed by atoms with E-state index in [0.717, 1.165) is 56.9 Å². The number of aromatic nitrogens is 2. The second kappa shape index (κ2) is 7.20. The maximum Gasteiger partial charge on any atom is 0.135 e. The number of nitriles is 1. The van der Waals surface area contributed by atoms with Crippen LogP contribution in [0.2, 0.25) is 0 Å². The topological polar surface area (TPSA) is 56.1 Å². The zero-order valence-corrected chi connectivity index (χ0v) is 14.5. The average molecular weight is 333 g/mol. The molecule has 4 rings (SSSR count). The molecule has 1 aromatic carbocycles. The smallest absolute Gasteiger partial charge is 0.135 e. The summed E-state index contributed by atoms with van der Waals surface area (Å²) >= 11 is 0. The van der Waals surface area contributed by atoms with E-state index in [4.69, 9.17) is 5.26 Å². The Morgan fingerprint density at radius 1 is 1.04 bits per heavy atom. The number of anilines is 1. The molecule has 0 spiro atoms. The molecule has 2 aliphatic heterocycles. The third kappa shape index (κ3) is 3.49. The lowest BCUT2D eigenvalue weighted by Crippen LogP contribution is -2.26. The number of fused-ring (bicyclic) bond motifs is 1. The van der Waals surface area contributed by atoms with Crippen molar-refractivity contribution in [1.82, 2.24) is 14.9 Å². The normalized spacial score (nSPS) is 17.8. The Kier molecular flexibility index (Phi) is 4.62. The summed E-state index contributed by atoms with van der Waals surface area (Å²) in [6.45, 7) is 5.14. The zero-order valence-electron chi connectivity index (χ0n) is 14.5. The van der Waals surface area contributed by atoms with Crippen LogP contribution in [-0.2, 0) is 19.4 Å². The van der Waals surface area contributed by atoms with Crippen LogP contribution < -0.4 is 4.90 Å². The van der Waals surface area contributed by atoms with Gasteiger partial charge in [-0.25, -0.2) is 9.97 Å². The molecule has 0 bridgehead atoms. The van der Waals surface area contributed by atoms with Crippen molar-refractivity contribution in [1.29, 1.82) is 5.26 Å². The fourth-order valence-corrected chi connectivity index (χ4v) is 3.91. The number of benzene rings is 1. The van der Waals surface area contributed by atoms with Crippen molar-refractivity contribution in [2.75, 3.05) is 31.1 Å². The molecule has 2 aliphatic rings. The number of rotatable bonds is 3. The van der Waals surface area contributed by atoms with Gasteiger partial charge in [-0.3, -0.25) is 4.90 Å². The number of hydrogen-bond donors (Lipinski definition) is 0. The van der Waals surface area contributed by atoms with Crippen molar-refractivity contribution in [3.05, 3.63) is 53.0 Å². The molecule has 0 aliphatic carbocycles. The van der Waals surface area contributed by atoms with E-state index in [1.807, 2.05) is 18.2 Å². The van der Waals surface area contributed by atoms with Gasteiger partial charge in [-0.15, -0.1) is 0 Å². The highest BCUT2D eigenvalue weighted by molar-refractivity contribution is 5.50. The first-order valence-corrected chi connectivity index (χ1v) is 9.12. The fourth-order valence-electron chi connectivity index (χ4n) is 3.91. The number of hydrogen-bond acceptors (Lipinski definition) is 5. The summed E-state index contributed by atoms with van der Waals surface area (Å²) in [6.07, 6.45) is 6.23. The molecule has 1 aromatic heterocycles. The number of nitrogens with zero attached hydrogens (tertiary/aromatic N) is 5. The summed E-state index contributed by atoms with van der Waals surface area (Å²) < 4.78 is 0. The molecular formula is C20H23N5. The predicted octanol–water partition coefficient (Wildman–Crippen LogP) is 2.55. The van der Waals surface area contributed by atoms with Crippen LogP contribution in [-0.4, -0.2) is 41.0 Å². The van der Waals surface area contributed by atoms with E-state index in [0.29, 0.717) is 0 Å². The summed E-state index contributed by atoms with van der Waals surface area (Å²) in [5, 5.41) is 9.08. The summed E-state index contributed by atoms with van der Waals surface area (Å²) in [5.74, 6) is 1.16.